The third-order valence-corrected chi connectivity index (χ3v) is 2.25. The van der Waals surface area contributed by atoms with Gasteiger partial charge in [-0.1, -0.05) is 0 Å². The van der Waals surface area contributed by atoms with Crippen LogP contribution in [0.15, 0.2) is 0 Å². The SMILES string of the molecule is CC(N)CN1CCCNC(C)C1=O. The number of nitrogens with one attached hydrogen (secondary N) is 1. The van der Waals surface area contributed by atoms with Gasteiger partial charge in [-0.05, 0) is 26.8 Å². The van der Waals surface area contributed by atoms with Gasteiger partial charge in [-0.3, -0.25) is 4.79 Å². The molecule has 2 atom stereocenters. The van der Waals surface area contributed by atoms with Gasteiger partial charge >= 0.3 is 0 Å². The summed E-state index contributed by atoms with van der Waals surface area (Å²) in [6.45, 7) is 6.25. The lowest BCUT2D eigenvalue weighted by Crippen LogP contribution is -2.45. The summed E-state index contributed by atoms with van der Waals surface area (Å²) in [5.74, 6) is 0.176. The molecule has 1 amide bonds. The van der Waals surface area contributed by atoms with Crippen LogP contribution in [0.5, 0.6) is 0 Å². The van der Waals surface area contributed by atoms with Crippen molar-refractivity contribution in [3.05, 3.63) is 0 Å². The van der Waals surface area contributed by atoms with Crippen LogP contribution in [0.1, 0.15) is 20.3 Å². The lowest BCUT2D eigenvalue weighted by Gasteiger charge is -2.24. The van der Waals surface area contributed by atoms with Crippen LogP contribution in [0.4, 0.5) is 0 Å². The predicted molar refractivity (Wildman–Crippen MR) is 52.3 cm³/mol. The Kier molecular flexibility index (Phi) is 3.69. The molecular formula is C9H19N3O. The molecule has 0 aromatic rings. The Hall–Kier alpha value is -0.610. The monoisotopic (exact) mass is 185 g/mol. The minimum atomic E-state index is -0.0544. The summed E-state index contributed by atoms with van der Waals surface area (Å²) in [5.41, 5.74) is 5.67. The van der Waals surface area contributed by atoms with E-state index in [0.29, 0.717) is 6.54 Å². The number of hydrogen-bond donors (Lipinski definition) is 2. The highest BCUT2D eigenvalue weighted by Crippen LogP contribution is 2.02. The number of hydrogen-bond acceptors (Lipinski definition) is 3. The van der Waals surface area contributed by atoms with Crippen molar-refractivity contribution in [2.45, 2.75) is 32.4 Å². The smallest absolute Gasteiger partial charge is 0.239 e. The van der Waals surface area contributed by atoms with Gasteiger partial charge in [0, 0.05) is 19.1 Å². The molecule has 1 fully saturated rings. The summed E-state index contributed by atoms with van der Waals surface area (Å²) >= 11 is 0. The maximum absolute atomic E-state index is 11.7. The molecule has 1 heterocycles. The highest BCUT2D eigenvalue weighted by molar-refractivity contribution is 5.81. The van der Waals surface area contributed by atoms with Gasteiger partial charge in [-0.15, -0.1) is 0 Å². The zero-order valence-electron chi connectivity index (χ0n) is 8.42. The van der Waals surface area contributed by atoms with Gasteiger partial charge < -0.3 is 16.0 Å². The molecule has 0 spiro atoms. The van der Waals surface area contributed by atoms with Crippen molar-refractivity contribution in [2.24, 2.45) is 5.73 Å². The van der Waals surface area contributed by atoms with Crippen LogP contribution < -0.4 is 11.1 Å². The number of amides is 1. The first-order valence-electron chi connectivity index (χ1n) is 4.89. The second-order valence-electron chi connectivity index (χ2n) is 3.79. The molecule has 76 valence electrons. The number of carbonyl (C=O) groups is 1. The van der Waals surface area contributed by atoms with E-state index < -0.39 is 0 Å². The van der Waals surface area contributed by atoms with Gasteiger partial charge in [-0.2, -0.15) is 0 Å². The minimum absolute atomic E-state index is 0.0544. The molecule has 2 unspecified atom stereocenters. The van der Waals surface area contributed by atoms with Crippen molar-refractivity contribution in [2.75, 3.05) is 19.6 Å². The van der Waals surface area contributed by atoms with Crippen LogP contribution >= 0.6 is 0 Å². The first-order valence-corrected chi connectivity index (χ1v) is 4.89. The fraction of sp³-hybridized carbons (Fsp3) is 0.889. The topological polar surface area (TPSA) is 58.4 Å². The highest BCUT2D eigenvalue weighted by Gasteiger charge is 2.22. The molecule has 1 saturated heterocycles. The van der Waals surface area contributed by atoms with Gasteiger partial charge in [0.05, 0.1) is 6.04 Å². The Morgan fingerprint density at radius 2 is 2.46 bits per heavy atom. The fourth-order valence-corrected chi connectivity index (χ4v) is 1.59. The molecule has 4 nitrogen and oxygen atoms in total. The largest absolute Gasteiger partial charge is 0.340 e. The molecule has 0 aliphatic carbocycles. The number of nitrogens with zero attached hydrogens (tertiary/aromatic N) is 1. The first kappa shape index (κ1) is 10.5. The lowest BCUT2D eigenvalue weighted by molar-refractivity contribution is -0.132. The van der Waals surface area contributed by atoms with Crippen LogP contribution in [0.25, 0.3) is 0 Å². The molecule has 1 rings (SSSR count). The van der Waals surface area contributed by atoms with Gasteiger partial charge in [0.1, 0.15) is 0 Å². The summed E-state index contributed by atoms with van der Waals surface area (Å²) in [7, 11) is 0. The summed E-state index contributed by atoms with van der Waals surface area (Å²) in [4.78, 5) is 13.5. The third kappa shape index (κ3) is 2.97. The van der Waals surface area contributed by atoms with Gasteiger partial charge in [0.15, 0.2) is 0 Å². The molecule has 0 saturated carbocycles. The summed E-state index contributed by atoms with van der Waals surface area (Å²) < 4.78 is 0. The summed E-state index contributed by atoms with van der Waals surface area (Å²) in [5, 5.41) is 3.17. The predicted octanol–water partition coefficient (Wildman–Crippen LogP) is -0.456. The van der Waals surface area contributed by atoms with Crippen molar-refractivity contribution < 1.29 is 4.79 Å². The second-order valence-corrected chi connectivity index (χ2v) is 3.79. The Labute approximate surface area is 79.5 Å². The molecule has 0 bridgehead atoms. The van der Waals surface area contributed by atoms with Crippen molar-refractivity contribution in [1.82, 2.24) is 10.2 Å². The molecular weight excluding hydrogens is 166 g/mol. The van der Waals surface area contributed by atoms with Crippen LogP contribution in [-0.2, 0) is 4.79 Å². The first-order chi connectivity index (χ1) is 6.11. The van der Waals surface area contributed by atoms with E-state index in [9.17, 15) is 4.79 Å². The zero-order chi connectivity index (χ0) is 9.84. The Bertz CT molecular complexity index is 182. The molecule has 13 heavy (non-hydrogen) atoms. The molecule has 4 heteroatoms. The molecule has 3 N–H and O–H groups in total. The van der Waals surface area contributed by atoms with Crippen molar-refractivity contribution in [3.8, 4) is 0 Å². The number of carbonyl (C=O) groups excluding carboxylic acids is 1. The highest BCUT2D eigenvalue weighted by atomic mass is 16.2. The molecule has 0 aromatic heterocycles. The number of rotatable bonds is 2. The summed E-state index contributed by atoms with van der Waals surface area (Å²) in [6.07, 6.45) is 1.02. The maximum Gasteiger partial charge on any atom is 0.239 e. The standard InChI is InChI=1S/C9H19N3O/c1-7(10)6-12-5-3-4-11-8(2)9(12)13/h7-8,11H,3-6,10H2,1-2H3. The van der Waals surface area contributed by atoms with Gasteiger partial charge in [0.2, 0.25) is 5.91 Å². The van der Waals surface area contributed by atoms with Crippen molar-refractivity contribution in [3.63, 3.8) is 0 Å². The average molecular weight is 185 g/mol. The normalized spacial score (nSPS) is 27.2. The average Bonchev–Trinajstić information content (AvgIpc) is 2.19. The van der Waals surface area contributed by atoms with Crippen LogP contribution in [-0.4, -0.2) is 42.5 Å². The number of nitrogens with two attached hydrogens (primary N) is 1. The zero-order valence-corrected chi connectivity index (χ0v) is 8.42. The lowest BCUT2D eigenvalue weighted by atomic mass is 10.2. The molecule has 1 aliphatic heterocycles. The van der Waals surface area contributed by atoms with Crippen LogP contribution in [0, 0.1) is 0 Å². The van der Waals surface area contributed by atoms with E-state index in [2.05, 4.69) is 5.32 Å². The van der Waals surface area contributed by atoms with E-state index in [1.165, 1.54) is 0 Å². The summed E-state index contributed by atoms with van der Waals surface area (Å²) in [6, 6.07) is 0.00972. The Morgan fingerprint density at radius 1 is 1.77 bits per heavy atom. The van der Waals surface area contributed by atoms with E-state index in [4.69, 9.17) is 5.73 Å². The van der Waals surface area contributed by atoms with E-state index in [-0.39, 0.29) is 18.0 Å². The van der Waals surface area contributed by atoms with E-state index in [1.54, 1.807) is 0 Å². The van der Waals surface area contributed by atoms with Gasteiger partial charge in [0.25, 0.3) is 0 Å². The van der Waals surface area contributed by atoms with E-state index in [0.717, 1.165) is 19.5 Å². The van der Waals surface area contributed by atoms with E-state index in [1.807, 2.05) is 18.7 Å². The Balaban J connectivity index is 2.54. The van der Waals surface area contributed by atoms with Crippen molar-refractivity contribution >= 4 is 5.91 Å². The van der Waals surface area contributed by atoms with Crippen LogP contribution in [0.2, 0.25) is 0 Å². The molecule has 0 aromatic carbocycles. The van der Waals surface area contributed by atoms with E-state index >= 15 is 0 Å². The quantitative estimate of drug-likeness (QED) is 0.612. The molecule has 0 radical (unpaired) electrons. The fourth-order valence-electron chi connectivity index (χ4n) is 1.59. The van der Waals surface area contributed by atoms with Crippen molar-refractivity contribution in [1.29, 1.82) is 0 Å². The van der Waals surface area contributed by atoms with Crippen LogP contribution in [0.3, 0.4) is 0 Å². The molecule has 1 aliphatic rings. The third-order valence-electron chi connectivity index (χ3n) is 2.25. The second kappa shape index (κ2) is 4.58. The minimum Gasteiger partial charge on any atom is -0.340 e. The van der Waals surface area contributed by atoms with Gasteiger partial charge in [-0.25, -0.2) is 0 Å². The maximum atomic E-state index is 11.7. The Morgan fingerprint density at radius 3 is 3.08 bits per heavy atom.